The molecule has 2 aromatic carbocycles. The van der Waals surface area contributed by atoms with Crippen molar-refractivity contribution in [2.45, 2.75) is 58.9 Å². The number of halogens is 1. The van der Waals surface area contributed by atoms with E-state index in [2.05, 4.69) is 15.9 Å². The number of amidine groups is 1. The van der Waals surface area contributed by atoms with E-state index in [1.807, 2.05) is 61.2 Å². The zero-order valence-electron chi connectivity index (χ0n) is 22.0. The zero-order valence-corrected chi connectivity index (χ0v) is 24.4. The molecule has 2 aliphatic rings. The minimum absolute atomic E-state index is 0.0236. The van der Waals surface area contributed by atoms with Gasteiger partial charge in [-0.05, 0) is 97.2 Å². The molecule has 2 aromatic rings. The maximum atomic E-state index is 13.7. The molecular formula is C29H33BrN2O5S. The number of hydrogen-bond donors (Lipinski definition) is 0. The molecule has 0 N–H and O–H groups in total. The van der Waals surface area contributed by atoms with Crippen molar-refractivity contribution in [3.8, 4) is 11.5 Å². The smallest absolute Gasteiger partial charge is 0.344 e. The first-order valence-corrected chi connectivity index (χ1v) is 14.6. The minimum Gasteiger partial charge on any atom is -0.490 e. The normalized spacial score (nSPS) is 18.3. The monoisotopic (exact) mass is 600 g/mol. The molecule has 38 heavy (non-hydrogen) atoms. The summed E-state index contributed by atoms with van der Waals surface area (Å²) < 4.78 is 17.1. The van der Waals surface area contributed by atoms with Gasteiger partial charge in [-0.15, -0.1) is 0 Å². The highest BCUT2D eigenvalue weighted by molar-refractivity contribution is 9.10. The van der Waals surface area contributed by atoms with E-state index >= 15 is 0 Å². The maximum Gasteiger partial charge on any atom is 0.344 e. The standard InChI is InChI=1S/C29H33BrN2O5S/c1-4-35-24-16-20(15-23(30)27(24)37-18-26(33)36-5-2)17-25-28(34)32(22-9-7-6-8-10-22)29(38-25)31-21-13-11-19(3)12-14-21/h11-17,22H,4-10,18H2,1-3H3/b25-17+,31-29?. The highest BCUT2D eigenvalue weighted by Crippen LogP contribution is 2.41. The van der Waals surface area contributed by atoms with Gasteiger partial charge in [-0.3, -0.25) is 9.69 Å². The molecule has 0 bridgehead atoms. The number of amides is 1. The van der Waals surface area contributed by atoms with Gasteiger partial charge in [0.05, 0.1) is 28.3 Å². The van der Waals surface area contributed by atoms with E-state index in [-0.39, 0.29) is 25.2 Å². The molecule has 1 aliphatic heterocycles. The number of carbonyl (C=O) groups excluding carboxylic acids is 2. The Morgan fingerprint density at radius 1 is 1.11 bits per heavy atom. The van der Waals surface area contributed by atoms with Crippen LogP contribution < -0.4 is 9.47 Å². The number of aliphatic imine (C=N–C) groups is 1. The van der Waals surface area contributed by atoms with Crippen LogP contribution >= 0.6 is 27.7 Å². The first-order valence-electron chi connectivity index (χ1n) is 13.0. The van der Waals surface area contributed by atoms with E-state index < -0.39 is 5.97 Å². The summed E-state index contributed by atoms with van der Waals surface area (Å²) in [5.74, 6) is 0.415. The Hall–Kier alpha value is -2.78. The summed E-state index contributed by atoms with van der Waals surface area (Å²) in [5, 5.41) is 0.718. The van der Waals surface area contributed by atoms with Gasteiger partial charge in [0.25, 0.3) is 5.91 Å². The average Bonchev–Trinajstić information content (AvgIpc) is 3.19. The summed E-state index contributed by atoms with van der Waals surface area (Å²) in [7, 11) is 0. The number of nitrogens with zero attached hydrogens (tertiary/aromatic N) is 2. The topological polar surface area (TPSA) is 77.4 Å². The molecule has 2 fully saturated rings. The molecular weight excluding hydrogens is 568 g/mol. The van der Waals surface area contributed by atoms with Crippen LogP contribution in [0.25, 0.3) is 6.08 Å². The first-order chi connectivity index (χ1) is 18.4. The Labute approximate surface area is 236 Å². The van der Waals surface area contributed by atoms with Gasteiger partial charge in [-0.1, -0.05) is 37.0 Å². The van der Waals surface area contributed by atoms with Gasteiger partial charge in [-0.2, -0.15) is 0 Å². The zero-order chi connectivity index (χ0) is 27.1. The molecule has 9 heteroatoms. The molecule has 7 nitrogen and oxygen atoms in total. The van der Waals surface area contributed by atoms with Crippen LogP contribution in [0.3, 0.4) is 0 Å². The molecule has 4 rings (SSSR count). The quantitative estimate of drug-likeness (QED) is 0.227. The fourth-order valence-corrected chi connectivity index (χ4v) is 6.15. The van der Waals surface area contributed by atoms with Gasteiger partial charge in [0.15, 0.2) is 23.3 Å². The lowest BCUT2D eigenvalue weighted by atomic mass is 9.94. The summed E-state index contributed by atoms with van der Waals surface area (Å²) in [6, 6.07) is 11.8. The third-order valence-electron chi connectivity index (χ3n) is 6.30. The van der Waals surface area contributed by atoms with E-state index in [4.69, 9.17) is 19.2 Å². The molecule has 1 saturated heterocycles. The van der Waals surface area contributed by atoms with Crippen LogP contribution in [0.5, 0.6) is 11.5 Å². The Balaban J connectivity index is 1.65. The number of esters is 1. The van der Waals surface area contributed by atoms with Crippen molar-refractivity contribution in [1.29, 1.82) is 0 Å². The molecule has 202 valence electrons. The molecule has 1 saturated carbocycles. The lowest BCUT2D eigenvalue weighted by Crippen LogP contribution is -2.40. The fourth-order valence-electron chi connectivity index (χ4n) is 4.52. The Morgan fingerprint density at radius 3 is 2.53 bits per heavy atom. The largest absolute Gasteiger partial charge is 0.490 e. The molecule has 0 spiro atoms. The summed E-state index contributed by atoms with van der Waals surface area (Å²) in [6.07, 6.45) is 7.28. The number of rotatable bonds is 9. The van der Waals surface area contributed by atoms with Gasteiger partial charge < -0.3 is 14.2 Å². The number of hydrogen-bond acceptors (Lipinski definition) is 7. The van der Waals surface area contributed by atoms with Crippen LogP contribution in [0.15, 0.2) is 50.8 Å². The second-order valence-electron chi connectivity index (χ2n) is 9.16. The summed E-state index contributed by atoms with van der Waals surface area (Å²) in [4.78, 5) is 32.9. The predicted octanol–water partition coefficient (Wildman–Crippen LogP) is 7.03. The summed E-state index contributed by atoms with van der Waals surface area (Å²) in [5.41, 5.74) is 2.77. The third-order valence-corrected chi connectivity index (χ3v) is 7.88. The Bertz CT molecular complexity index is 1220. The van der Waals surface area contributed by atoms with Gasteiger partial charge in [0.1, 0.15) is 0 Å². The van der Waals surface area contributed by atoms with Crippen molar-refractivity contribution < 1.29 is 23.8 Å². The van der Waals surface area contributed by atoms with Crippen molar-refractivity contribution in [3.05, 3.63) is 56.9 Å². The van der Waals surface area contributed by atoms with Crippen molar-refractivity contribution >= 4 is 56.5 Å². The predicted molar refractivity (Wildman–Crippen MR) is 155 cm³/mol. The average molecular weight is 602 g/mol. The Kier molecular flexibility index (Phi) is 9.91. The van der Waals surface area contributed by atoms with Crippen LogP contribution in [0.1, 0.15) is 57.1 Å². The SMILES string of the molecule is CCOC(=O)COc1c(Br)cc(/C=C2/SC(=Nc3ccc(C)cc3)N(C3CCCCC3)C2=O)cc1OCC. The van der Waals surface area contributed by atoms with Crippen molar-refractivity contribution in [2.24, 2.45) is 4.99 Å². The number of benzene rings is 2. The molecule has 1 aliphatic carbocycles. The van der Waals surface area contributed by atoms with Crippen molar-refractivity contribution in [1.82, 2.24) is 4.90 Å². The van der Waals surface area contributed by atoms with E-state index in [0.29, 0.717) is 27.5 Å². The second-order valence-corrected chi connectivity index (χ2v) is 11.0. The van der Waals surface area contributed by atoms with Crippen LogP contribution in [0.2, 0.25) is 0 Å². The lowest BCUT2D eigenvalue weighted by molar-refractivity contribution is -0.145. The van der Waals surface area contributed by atoms with Gasteiger partial charge in [-0.25, -0.2) is 9.79 Å². The minimum atomic E-state index is -0.454. The molecule has 0 aromatic heterocycles. The molecule has 0 atom stereocenters. The second kappa shape index (κ2) is 13.3. The fraction of sp³-hybridized carbons (Fsp3) is 0.414. The Morgan fingerprint density at radius 2 is 1.84 bits per heavy atom. The molecule has 1 heterocycles. The van der Waals surface area contributed by atoms with Crippen molar-refractivity contribution in [3.63, 3.8) is 0 Å². The van der Waals surface area contributed by atoms with E-state index in [9.17, 15) is 9.59 Å². The highest BCUT2D eigenvalue weighted by atomic mass is 79.9. The first kappa shape index (κ1) is 28.2. The maximum absolute atomic E-state index is 13.7. The number of thioether (sulfide) groups is 1. The van der Waals surface area contributed by atoms with Crippen molar-refractivity contribution in [2.75, 3.05) is 19.8 Å². The van der Waals surface area contributed by atoms with Gasteiger partial charge >= 0.3 is 5.97 Å². The molecule has 1 amide bonds. The third kappa shape index (κ3) is 6.99. The number of ether oxygens (including phenoxy) is 3. The van der Waals surface area contributed by atoms with E-state index in [1.165, 1.54) is 23.7 Å². The highest BCUT2D eigenvalue weighted by Gasteiger charge is 2.38. The van der Waals surface area contributed by atoms with E-state index in [1.54, 1.807) is 6.92 Å². The summed E-state index contributed by atoms with van der Waals surface area (Å²) in [6.45, 7) is 6.14. The van der Waals surface area contributed by atoms with Gasteiger partial charge in [0.2, 0.25) is 0 Å². The lowest BCUT2D eigenvalue weighted by Gasteiger charge is -2.30. The molecule has 0 radical (unpaired) electrons. The summed E-state index contributed by atoms with van der Waals surface area (Å²) >= 11 is 4.95. The van der Waals surface area contributed by atoms with Crippen LogP contribution in [0, 0.1) is 6.92 Å². The molecule has 0 unspecified atom stereocenters. The number of aryl methyl sites for hydroxylation is 1. The van der Waals surface area contributed by atoms with Crippen LogP contribution in [-0.2, 0) is 14.3 Å². The number of carbonyl (C=O) groups is 2. The van der Waals surface area contributed by atoms with Crippen LogP contribution in [0.4, 0.5) is 5.69 Å². The van der Waals surface area contributed by atoms with Gasteiger partial charge in [0, 0.05) is 6.04 Å². The van der Waals surface area contributed by atoms with E-state index in [0.717, 1.165) is 42.1 Å². The van der Waals surface area contributed by atoms with Crippen LogP contribution in [-0.4, -0.2) is 47.8 Å².